The Morgan fingerprint density at radius 3 is 2.35 bits per heavy atom. The van der Waals surface area contributed by atoms with E-state index in [0.29, 0.717) is 5.69 Å². The molecule has 3 heteroatoms. The quantitative estimate of drug-likeness (QED) is 0.638. The van der Waals surface area contributed by atoms with Crippen molar-refractivity contribution < 1.29 is 4.87 Å². The van der Waals surface area contributed by atoms with E-state index < -0.39 is 0 Å². The van der Waals surface area contributed by atoms with Crippen molar-refractivity contribution in [3.8, 4) is 0 Å². The van der Waals surface area contributed by atoms with Crippen LogP contribution in [-0.2, 0) is 6.42 Å². The van der Waals surface area contributed by atoms with E-state index in [-0.39, 0.29) is 0 Å². The molecule has 0 unspecified atom stereocenters. The van der Waals surface area contributed by atoms with E-state index in [1.807, 2.05) is 61.5 Å². The zero-order chi connectivity index (χ0) is 12.1. The second-order valence-corrected chi connectivity index (χ2v) is 3.75. The van der Waals surface area contributed by atoms with Crippen LogP contribution in [0.25, 0.3) is 0 Å². The number of aryl methyl sites for hydroxylation is 1. The molecule has 0 saturated heterocycles. The molecule has 86 valence electrons. The largest absolute Gasteiger partial charge is 0.295 e. The van der Waals surface area contributed by atoms with Crippen LogP contribution in [0.2, 0.25) is 0 Å². The van der Waals surface area contributed by atoms with Gasteiger partial charge < -0.3 is 0 Å². The zero-order valence-corrected chi connectivity index (χ0v) is 9.76. The van der Waals surface area contributed by atoms with E-state index >= 15 is 0 Å². The van der Waals surface area contributed by atoms with Crippen molar-refractivity contribution in [3.63, 3.8) is 0 Å². The molecule has 1 N–H and O–H groups in total. The van der Waals surface area contributed by atoms with E-state index in [1.54, 1.807) is 0 Å². The monoisotopic (exact) mass is 227 g/mol. The van der Waals surface area contributed by atoms with Crippen LogP contribution in [0.15, 0.2) is 54.6 Å². The van der Waals surface area contributed by atoms with Crippen LogP contribution in [-0.4, -0.2) is 4.87 Å². The maximum absolute atomic E-state index is 12.0. The molecule has 0 fully saturated rings. The molecule has 2 aromatic carbocycles. The topological polar surface area (TPSA) is 32.1 Å². The van der Waals surface area contributed by atoms with Crippen molar-refractivity contribution in [3.05, 3.63) is 65.1 Å². The van der Waals surface area contributed by atoms with Crippen molar-refractivity contribution in [2.24, 2.45) is 0 Å². The van der Waals surface area contributed by atoms with E-state index in [1.165, 1.54) is 0 Å². The third kappa shape index (κ3) is 2.69. The minimum absolute atomic E-state index is 0.666. The number of hydrazine groups is 1. The summed E-state index contributed by atoms with van der Waals surface area (Å²) in [4.78, 5) is 12.8. The maximum atomic E-state index is 12.0. The minimum atomic E-state index is 0.666. The van der Waals surface area contributed by atoms with Crippen molar-refractivity contribution in [1.82, 2.24) is 0 Å². The molecule has 0 aliphatic carbocycles. The van der Waals surface area contributed by atoms with Gasteiger partial charge in [0.2, 0.25) is 0 Å². The van der Waals surface area contributed by atoms with Gasteiger partial charge in [-0.15, -0.1) is 5.43 Å². The first-order valence-corrected chi connectivity index (χ1v) is 5.68. The Morgan fingerprint density at radius 1 is 1.00 bits per heavy atom. The standard InChI is InChI=1S/C14H15N2O/c1-2-12-8-6-7-11-14(12)16(17)15-13-9-4-3-5-10-13/h3-11H,2H2,1H3,(H,15,17)/q+1. The highest BCUT2D eigenvalue weighted by molar-refractivity contribution is 5.44. The molecule has 0 aromatic heterocycles. The minimum Gasteiger partial charge on any atom is -0.114 e. The smallest absolute Gasteiger partial charge is 0.114 e. The molecule has 0 aliphatic rings. The summed E-state index contributed by atoms with van der Waals surface area (Å²) in [6.45, 7) is 2.04. The summed E-state index contributed by atoms with van der Waals surface area (Å²) in [5.41, 5.74) is 5.30. The number of hydrogen-bond acceptors (Lipinski definition) is 1. The first-order chi connectivity index (χ1) is 8.31. The second kappa shape index (κ2) is 5.25. The molecule has 0 saturated carbocycles. The molecule has 2 rings (SSSR count). The van der Waals surface area contributed by atoms with Crippen molar-refractivity contribution in [2.75, 3.05) is 5.43 Å². The summed E-state index contributed by atoms with van der Waals surface area (Å²) in [5, 5.41) is 0. The van der Waals surface area contributed by atoms with E-state index in [2.05, 4.69) is 5.43 Å². The van der Waals surface area contributed by atoms with Gasteiger partial charge >= 0.3 is 0 Å². The summed E-state index contributed by atoms with van der Waals surface area (Å²) in [7, 11) is 0. The number of anilines is 1. The fraction of sp³-hybridized carbons (Fsp3) is 0.143. The van der Waals surface area contributed by atoms with Crippen LogP contribution >= 0.6 is 0 Å². The van der Waals surface area contributed by atoms with Crippen LogP contribution in [0.5, 0.6) is 0 Å². The zero-order valence-electron chi connectivity index (χ0n) is 9.76. The fourth-order valence-electron chi connectivity index (χ4n) is 1.70. The molecule has 0 spiro atoms. The number of rotatable bonds is 4. The van der Waals surface area contributed by atoms with Crippen LogP contribution in [0, 0.1) is 4.91 Å². The van der Waals surface area contributed by atoms with Crippen LogP contribution in [0.1, 0.15) is 12.5 Å². The molecule has 0 radical (unpaired) electrons. The highest BCUT2D eigenvalue weighted by Crippen LogP contribution is 2.19. The Kier molecular flexibility index (Phi) is 3.50. The van der Waals surface area contributed by atoms with Gasteiger partial charge in [-0.2, -0.15) is 0 Å². The van der Waals surface area contributed by atoms with Gasteiger partial charge in [0.05, 0.1) is 4.91 Å². The molecular formula is C14H15N2O+. The van der Waals surface area contributed by atoms with E-state index in [4.69, 9.17) is 0 Å². The maximum Gasteiger partial charge on any atom is 0.295 e. The molecular weight excluding hydrogens is 212 g/mol. The van der Waals surface area contributed by atoms with Gasteiger partial charge in [-0.25, -0.2) is 0 Å². The normalized spacial score (nSPS) is 9.94. The first-order valence-electron chi connectivity index (χ1n) is 5.68. The summed E-state index contributed by atoms with van der Waals surface area (Å²) in [6.07, 6.45) is 0.839. The van der Waals surface area contributed by atoms with Crippen molar-refractivity contribution in [1.29, 1.82) is 0 Å². The van der Waals surface area contributed by atoms with E-state index in [9.17, 15) is 4.91 Å². The predicted octanol–water partition coefficient (Wildman–Crippen LogP) is 3.69. The Bertz CT molecular complexity index is 509. The lowest BCUT2D eigenvalue weighted by molar-refractivity contribution is -0.428. The lowest BCUT2D eigenvalue weighted by atomic mass is 10.1. The van der Waals surface area contributed by atoms with Gasteiger partial charge in [-0.05, 0) is 18.6 Å². The number of nitroso groups, excluding NO2 is 1. The fourth-order valence-corrected chi connectivity index (χ4v) is 1.70. The molecule has 2 aromatic rings. The number of nitrogens with zero attached hydrogens (tertiary/aromatic N) is 1. The van der Waals surface area contributed by atoms with Crippen molar-refractivity contribution >= 4 is 11.4 Å². The van der Waals surface area contributed by atoms with E-state index in [0.717, 1.165) is 22.5 Å². The highest BCUT2D eigenvalue weighted by Gasteiger charge is 2.17. The molecule has 0 atom stereocenters. The average Bonchev–Trinajstić information content (AvgIpc) is 2.40. The molecule has 3 nitrogen and oxygen atoms in total. The third-order valence-electron chi connectivity index (χ3n) is 2.60. The van der Waals surface area contributed by atoms with Crippen LogP contribution < -0.4 is 5.43 Å². The van der Waals surface area contributed by atoms with Gasteiger partial charge in [-0.1, -0.05) is 43.3 Å². The summed E-state index contributed by atoms with van der Waals surface area (Å²) < 4.78 is 0. The third-order valence-corrected chi connectivity index (χ3v) is 2.60. The molecule has 0 bridgehead atoms. The van der Waals surface area contributed by atoms with Gasteiger partial charge in [0.1, 0.15) is 5.69 Å². The summed E-state index contributed by atoms with van der Waals surface area (Å²) in [6, 6.07) is 17.0. The predicted molar refractivity (Wildman–Crippen MR) is 69.2 cm³/mol. The lowest BCUT2D eigenvalue weighted by Crippen LogP contribution is -2.11. The lowest BCUT2D eigenvalue weighted by Gasteiger charge is -2.00. The molecule has 17 heavy (non-hydrogen) atoms. The Labute approximate surface area is 101 Å². The SMILES string of the molecule is CCc1ccccc1[N+](=O)Nc1ccccc1. The van der Waals surface area contributed by atoms with Crippen molar-refractivity contribution in [2.45, 2.75) is 13.3 Å². The Balaban J connectivity index is 2.20. The van der Waals surface area contributed by atoms with Crippen LogP contribution in [0.4, 0.5) is 11.4 Å². The van der Waals surface area contributed by atoms with Gasteiger partial charge in [0, 0.05) is 11.6 Å². The first kappa shape index (κ1) is 11.3. The number of nitrogens with one attached hydrogen (secondary N) is 1. The highest BCUT2D eigenvalue weighted by atomic mass is 16.3. The molecule has 0 heterocycles. The summed E-state index contributed by atoms with van der Waals surface area (Å²) in [5.74, 6) is 0. The van der Waals surface area contributed by atoms with Gasteiger partial charge in [0.25, 0.3) is 5.69 Å². The Hall–Kier alpha value is -2.16. The number of benzene rings is 2. The molecule has 0 amide bonds. The van der Waals surface area contributed by atoms with Gasteiger partial charge in [-0.3, -0.25) is 0 Å². The summed E-state index contributed by atoms with van der Waals surface area (Å²) >= 11 is 0. The van der Waals surface area contributed by atoms with Gasteiger partial charge in [0.15, 0.2) is 4.87 Å². The number of hydrogen-bond donors (Lipinski definition) is 1. The average molecular weight is 227 g/mol. The molecule has 0 aliphatic heterocycles. The van der Waals surface area contributed by atoms with Crippen LogP contribution in [0.3, 0.4) is 0 Å². The second-order valence-electron chi connectivity index (χ2n) is 3.75. The number of para-hydroxylation sites is 2. The Morgan fingerprint density at radius 2 is 1.65 bits per heavy atom.